The zero-order valence-electron chi connectivity index (χ0n) is 34.7. The van der Waals surface area contributed by atoms with Gasteiger partial charge in [0.15, 0.2) is 5.82 Å². The average molecular weight is 797 g/mol. The van der Waals surface area contributed by atoms with Crippen molar-refractivity contribution in [1.29, 1.82) is 0 Å². The number of carboxylic acid groups (broad SMARTS) is 1. The number of piperazine rings is 1. The molecule has 5 heterocycles. The predicted octanol–water partition coefficient (Wildman–Crippen LogP) is 9.39. The van der Waals surface area contributed by atoms with Gasteiger partial charge in [-0.1, -0.05) is 59.6 Å². The minimum absolute atomic E-state index is 0.0464. The highest BCUT2D eigenvalue weighted by Crippen LogP contribution is 2.47. The molecule has 0 saturated carbocycles. The van der Waals surface area contributed by atoms with Crippen LogP contribution < -0.4 is 19.7 Å². The lowest BCUT2D eigenvalue weighted by atomic mass is 9.95. The molecule has 3 aliphatic rings. The topological polar surface area (TPSA) is 139 Å². The monoisotopic (exact) mass is 796 g/mol. The molecule has 2 aromatic heterocycles. The Bertz CT molecular complexity index is 2310. The molecule has 302 valence electrons. The molecule has 12 nitrogen and oxygen atoms in total. The highest BCUT2D eigenvalue weighted by molar-refractivity contribution is 6.90. The number of carbonyl (C=O) groups is 2. The fraction of sp³-hybridized carbons (Fsp3) is 0.512. The molecule has 2 bridgehead atoms. The van der Waals surface area contributed by atoms with Crippen LogP contribution >= 0.6 is 0 Å². The molecule has 4 atom stereocenters. The number of methoxy groups -OCH3 is 1. The Hall–Kier alpha value is -5.16. The Morgan fingerprint density at radius 2 is 1.74 bits per heavy atom. The van der Waals surface area contributed by atoms with Crippen molar-refractivity contribution >= 4 is 53.4 Å². The quantitative estimate of drug-likeness (QED) is 0.143. The van der Waals surface area contributed by atoms with Crippen LogP contribution in [0.3, 0.4) is 0 Å². The van der Waals surface area contributed by atoms with Crippen molar-refractivity contribution in [3.63, 3.8) is 0 Å². The van der Waals surface area contributed by atoms with Gasteiger partial charge in [-0.15, -0.1) is 5.54 Å². The Kier molecular flexibility index (Phi) is 10.3. The number of ether oxygens (including phenoxy) is 3. The van der Waals surface area contributed by atoms with Crippen molar-refractivity contribution in [3.05, 3.63) is 41.7 Å². The summed E-state index contributed by atoms with van der Waals surface area (Å²) < 4.78 is 35.5. The lowest BCUT2D eigenvalue weighted by Crippen LogP contribution is -2.64. The fourth-order valence-corrected chi connectivity index (χ4v) is 15.0. The van der Waals surface area contributed by atoms with E-state index in [-0.39, 0.29) is 40.6 Å². The van der Waals surface area contributed by atoms with Crippen molar-refractivity contribution in [1.82, 2.24) is 19.9 Å². The van der Waals surface area contributed by atoms with E-state index in [2.05, 4.69) is 63.3 Å². The maximum absolute atomic E-state index is 17.6. The maximum Gasteiger partial charge on any atom is 0.412 e. The highest BCUT2D eigenvalue weighted by Gasteiger charge is 2.53. The molecule has 0 aliphatic carbocycles. The summed E-state index contributed by atoms with van der Waals surface area (Å²) in [6.07, 6.45) is -0.855. The Morgan fingerprint density at radius 3 is 2.37 bits per heavy atom. The summed E-state index contributed by atoms with van der Waals surface area (Å²) in [5.41, 5.74) is 5.59. The minimum Gasteiger partial charge on any atom is -0.472 e. The first kappa shape index (κ1) is 40.0. The van der Waals surface area contributed by atoms with E-state index < -0.39 is 43.8 Å². The van der Waals surface area contributed by atoms with E-state index in [1.807, 2.05) is 36.1 Å². The van der Waals surface area contributed by atoms with Crippen LogP contribution in [0.15, 0.2) is 30.3 Å². The third kappa shape index (κ3) is 6.87. The van der Waals surface area contributed by atoms with Gasteiger partial charge in [-0.3, -0.25) is 10.2 Å². The van der Waals surface area contributed by atoms with Crippen LogP contribution in [0.5, 0.6) is 11.9 Å². The second kappa shape index (κ2) is 14.7. The Balaban J connectivity index is 1.50. The van der Waals surface area contributed by atoms with E-state index in [1.165, 1.54) is 12.0 Å². The molecule has 3 aliphatic heterocycles. The number of fused-ring (bicyclic) bond motifs is 6. The number of anilines is 2. The summed E-state index contributed by atoms with van der Waals surface area (Å²) in [7, 11) is -0.764. The number of aromatic nitrogens is 3. The van der Waals surface area contributed by atoms with Crippen LogP contribution in [0.4, 0.5) is 25.5 Å². The molecule has 2 aromatic carbocycles. The molecule has 57 heavy (non-hydrogen) atoms. The molecule has 2 saturated heterocycles. The van der Waals surface area contributed by atoms with E-state index in [9.17, 15) is 14.7 Å². The molecule has 2 N–H and O–H groups in total. The van der Waals surface area contributed by atoms with Gasteiger partial charge < -0.3 is 24.2 Å². The second-order valence-electron chi connectivity index (χ2n) is 17.5. The summed E-state index contributed by atoms with van der Waals surface area (Å²) in [5.74, 6) is 3.36. The number of pyridine rings is 1. The van der Waals surface area contributed by atoms with Gasteiger partial charge in [0.05, 0.1) is 25.2 Å². The largest absolute Gasteiger partial charge is 0.472 e. The zero-order valence-corrected chi connectivity index (χ0v) is 35.7. The fourth-order valence-electron chi connectivity index (χ4n) is 9.81. The lowest BCUT2D eigenvalue weighted by molar-refractivity contribution is 0.0634. The van der Waals surface area contributed by atoms with Crippen molar-refractivity contribution in [2.75, 3.05) is 23.9 Å². The van der Waals surface area contributed by atoms with Gasteiger partial charge in [0.2, 0.25) is 5.88 Å². The normalized spacial score (nSPS) is 20.3. The van der Waals surface area contributed by atoms with Gasteiger partial charge in [0.1, 0.15) is 42.2 Å². The van der Waals surface area contributed by atoms with E-state index in [0.717, 1.165) is 0 Å². The smallest absolute Gasteiger partial charge is 0.412 e. The molecule has 14 heteroatoms. The van der Waals surface area contributed by atoms with E-state index in [1.54, 1.807) is 26.8 Å². The number of nitrogens with zero attached hydrogens (tertiary/aromatic N) is 5. The SMILES string of the molecule is COc1nc2c3c(nc(-c4cc(NC(=O)OC(C)(C)C)cc5cccc(C#C[Si](C(C)C)(C(C)C)C(C)C)c45)c(F)c3n1)OC(C)C1C3CCC(CN21)N3C(=O)O. The average Bonchev–Trinajstić information content (AvgIpc) is 3.37. The first-order valence-electron chi connectivity index (χ1n) is 19.9. The number of nitrogens with one attached hydrogen (secondary N) is 1. The van der Waals surface area contributed by atoms with Gasteiger partial charge in [-0.25, -0.2) is 19.0 Å². The van der Waals surface area contributed by atoms with E-state index in [0.29, 0.717) is 69.4 Å². The summed E-state index contributed by atoms with van der Waals surface area (Å²) in [6, 6.07) is 8.15. The lowest BCUT2D eigenvalue weighted by Gasteiger charge is -2.47. The standard InChI is InChI=1S/C43H53FN6O6Si/c1-22(2)57(23(3)4,24(5)6)18-17-26-13-12-14-27-19-28(45-41(51)56-43(8,9)10)20-30(32(26)27)35-34(44)36-33-38(48-40(47-36)54-11)49-21-29-15-16-31(50(29)42(52)53)37(49)25(7)55-39(33)46-35/h12-14,19-20,22-25,29,31,37H,15-16,21H2,1-11H3,(H,45,51)(H,52,53). The Labute approximate surface area is 334 Å². The van der Waals surface area contributed by atoms with Crippen LogP contribution in [-0.4, -0.2) is 88.7 Å². The molecule has 0 radical (unpaired) electrons. The first-order chi connectivity index (χ1) is 26.9. The van der Waals surface area contributed by atoms with Crippen LogP contribution in [0.1, 0.15) is 87.6 Å². The number of halogens is 1. The van der Waals surface area contributed by atoms with Gasteiger partial charge in [-0.05, 0) is 80.7 Å². The van der Waals surface area contributed by atoms with Gasteiger partial charge in [-0.2, -0.15) is 9.97 Å². The first-order valence-corrected chi connectivity index (χ1v) is 22.1. The third-order valence-corrected chi connectivity index (χ3v) is 18.3. The predicted molar refractivity (Wildman–Crippen MR) is 222 cm³/mol. The highest BCUT2D eigenvalue weighted by atomic mass is 28.3. The van der Waals surface area contributed by atoms with Gasteiger partial charge in [0, 0.05) is 28.7 Å². The molecule has 4 unspecified atom stereocenters. The van der Waals surface area contributed by atoms with Gasteiger partial charge >= 0.3 is 18.2 Å². The van der Waals surface area contributed by atoms with Crippen LogP contribution in [0.25, 0.3) is 32.9 Å². The van der Waals surface area contributed by atoms with Crippen LogP contribution in [0.2, 0.25) is 16.6 Å². The van der Waals surface area contributed by atoms with Gasteiger partial charge in [0.25, 0.3) is 0 Å². The number of benzene rings is 2. The van der Waals surface area contributed by atoms with E-state index >= 15 is 4.39 Å². The number of hydrogen-bond acceptors (Lipinski definition) is 9. The summed E-state index contributed by atoms with van der Waals surface area (Å²) >= 11 is 0. The summed E-state index contributed by atoms with van der Waals surface area (Å²) in [4.78, 5) is 43.4. The van der Waals surface area contributed by atoms with E-state index in [4.69, 9.17) is 24.2 Å². The molecule has 2 amide bonds. The summed E-state index contributed by atoms with van der Waals surface area (Å²) in [6.45, 7) is 21.1. The Morgan fingerprint density at radius 1 is 1.04 bits per heavy atom. The second-order valence-corrected chi connectivity index (χ2v) is 23.1. The number of carbonyl (C=O) groups excluding carboxylic acids is 1. The molecule has 2 fully saturated rings. The molecular weight excluding hydrogens is 744 g/mol. The minimum atomic E-state index is -2.19. The number of rotatable bonds is 6. The molecule has 0 spiro atoms. The summed E-state index contributed by atoms with van der Waals surface area (Å²) in [5, 5.41) is 14.7. The van der Waals surface area contributed by atoms with Crippen molar-refractivity contribution < 1.29 is 33.3 Å². The maximum atomic E-state index is 17.6. The van der Waals surface area contributed by atoms with Crippen molar-refractivity contribution in [2.45, 2.75) is 129 Å². The molecular formula is C43H53FN6O6Si. The zero-order chi connectivity index (χ0) is 41.3. The van der Waals surface area contributed by atoms with Crippen LogP contribution in [0, 0.1) is 17.3 Å². The van der Waals surface area contributed by atoms with Crippen LogP contribution in [-0.2, 0) is 4.74 Å². The molecule has 4 aromatic rings. The van der Waals surface area contributed by atoms with Crippen molar-refractivity contribution in [2.24, 2.45) is 0 Å². The number of hydrogen-bond donors (Lipinski definition) is 2. The number of amides is 2. The third-order valence-electron chi connectivity index (χ3n) is 12.0. The van der Waals surface area contributed by atoms with Crippen molar-refractivity contribution in [3.8, 4) is 34.6 Å². The molecule has 7 rings (SSSR count).